The highest BCUT2D eigenvalue weighted by Gasteiger charge is 2.17. The average molecular weight is 536 g/mol. The molecule has 0 aliphatic carbocycles. The quantitative estimate of drug-likeness (QED) is 0.278. The Morgan fingerprint density at radius 3 is 2.58 bits per heavy atom. The lowest BCUT2D eigenvalue weighted by Gasteiger charge is -2.17. The molecule has 0 atom stereocenters. The predicted molar refractivity (Wildman–Crippen MR) is 148 cm³/mol. The zero-order chi connectivity index (χ0) is 29.8. The van der Waals surface area contributed by atoms with Crippen LogP contribution >= 0.6 is 0 Å². The first-order chi connectivity index (χ1) is 19.3. The summed E-state index contributed by atoms with van der Waals surface area (Å²) in [5, 5.41) is 6.25. The van der Waals surface area contributed by atoms with Crippen LogP contribution in [0.1, 0.15) is 33.4 Å². The van der Waals surface area contributed by atoms with E-state index in [0.29, 0.717) is 45.7 Å². The van der Waals surface area contributed by atoms with Gasteiger partial charge in [0.05, 0.1) is 54.0 Å². The molecule has 2 N–H and O–H groups in total. The number of pyridine rings is 1. The number of ketones is 1. The van der Waals surface area contributed by atoms with Crippen LogP contribution in [0, 0.1) is 6.92 Å². The minimum absolute atomic E-state index is 0.0861. The molecule has 0 saturated heterocycles. The Kier molecular flexibility index (Phi) is 6.76. The highest BCUT2D eigenvalue weighted by molar-refractivity contribution is 7.92. The molecule has 1 aromatic carbocycles. The molecule has 4 rings (SSSR count). The smallest absolute Gasteiger partial charge is 0.180 e. The van der Waals surface area contributed by atoms with Gasteiger partial charge in [0.2, 0.25) is 0 Å². The summed E-state index contributed by atoms with van der Waals surface area (Å²) in [7, 11) is -0.913. The number of hydrogen-bond donors (Lipinski definition) is 2. The molecule has 0 aliphatic rings. The van der Waals surface area contributed by atoms with Gasteiger partial charge in [-0.1, -0.05) is 12.9 Å². The Morgan fingerprint density at radius 2 is 1.89 bits per heavy atom. The maximum atomic E-state index is 13.0. The number of methoxy groups -OCH3 is 1. The number of Topliss-reactive ketones (excluding diaryl/α,β-unsaturated/α-hetero) is 1. The Hall–Kier alpha value is -4.45. The van der Waals surface area contributed by atoms with Gasteiger partial charge in [-0.25, -0.2) is 19.2 Å². The van der Waals surface area contributed by atoms with Crippen molar-refractivity contribution in [3.05, 3.63) is 66.5 Å². The van der Waals surface area contributed by atoms with Crippen LogP contribution in [0.2, 0.25) is 0 Å². The standard InChI is InChI=1S/C26H28N8O3S/c1-6-22(35)18-12-29-23(33-25-14-27-11-16(2)31-25)10-20(18)32-19-9-7-8-17(26(19)37-3)21-13-30-24(15-28-21)34-38(4,5)36/h7-15H,6H2,1-5H3,(H2,29,31,32,33)/i1D3. The minimum Gasteiger partial charge on any atom is -0.494 e. The number of nitrogens with one attached hydrogen (secondary N) is 2. The number of anilines is 4. The zero-order valence-corrected chi connectivity index (χ0v) is 22.0. The van der Waals surface area contributed by atoms with Gasteiger partial charge in [0, 0.05) is 56.8 Å². The van der Waals surface area contributed by atoms with Crippen LogP contribution < -0.4 is 15.4 Å². The predicted octanol–water partition coefficient (Wildman–Crippen LogP) is 5.08. The maximum Gasteiger partial charge on any atom is 0.180 e. The second kappa shape index (κ2) is 11.3. The molecular weight excluding hydrogens is 504 g/mol. The summed E-state index contributed by atoms with van der Waals surface area (Å²) in [6.07, 6.45) is 9.71. The van der Waals surface area contributed by atoms with Crippen molar-refractivity contribution in [2.24, 2.45) is 4.36 Å². The Labute approximate surface area is 225 Å². The molecule has 0 amide bonds. The van der Waals surface area contributed by atoms with Crippen molar-refractivity contribution in [1.29, 1.82) is 0 Å². The van der Waals surface area contributed by atoms with Gasteiger partial charge in [0.1, 0.15) is 11.6 Å². The maximum absolute atomic E-state index is 13.0. The van der Waals surface area contributed by atoms with Gasteiger partial charge in [-0.15, -0.1) is 0 Å². The lowest BCUT2D eigenvalue weighted by Crippen LogP contribution is -2.07. The number of benzene rings is 1. The largest absolute Gasteiger partial charge is 0.494 e. The highest BCUT2D eigenvalue weighted by atomic mass is 32.2. The zero-order valence-electron chi connectivity index (χ0n) is 24.2. The molecule has 0 aliphatic heterocycles. The molecule has 196 valence electrons. The first-order valence-electron chi connectivity index (χ1n) is 12.8. The van der Waals surface area contributed by atoms with Crippen molar-refractivity contribution in [2.75, 3.05) is 30.3 Å². The Balaban J connectivity index is 1.74. The lowest BCUT2D eigenvalue weighted by atomic mass is 10.1. The van der Waals surface area contributed by atoms with E-state index in [0.717, 1.165) is 0 Å². The van der Waals surface area contributed by atoms with Crippen LogP contribution in [0.15, 0.2) is 59.6 Å². The number of ether oxygens (including phenoxy) is 1. The molecule has 0 unspecified atom stereocenters. The number of carbonyl (C=O) groups excluding carboxylic acids is 1. The number of nitrogens with zero attached hydrogens (tertiary/aromatic N) is 6. The van der Waals surface area contributed by atoms with E-state index in [1.54, 1.807) is 37.4 Å². The molecule has 0 spiro atoms. The molecule has 0 bridgehead atoms. The van der Waals surface area contributed by atoms with Crippen LogP contribution in [0.4, 0.5) is 28.8 Å². The molecule has 0 fully saturated rings. The normalized spacial score (nSPS) is 12.6. The molecule has 3 aromatic heterocycles. The number of hydrogen-bond acceptors (Lipinski definition) is 11. The van der Waals surface area contributed by atoms with Gasteiger partial charge in [-0.3, -0.25) is 14.8 Å². The third-order valence-corrected chi connectivity index (χ3v) is 5.72. The summed E-state index contributed by atoms with van der Waals surface area (Å²) in [5.74, 6) is 0.823. The molecule has 12 heteroatoms. The number of aromatic nitrogens is 5. The van der Waals surface area contributed by atoms with Crippen molar-refractivity contribution in [2.45, 2.75) is 20.2 Å². The first kappa shape index (κ1) is 22.7. The van der Waals surface area contributed by atoms with Crippen LogP contribution in [0.3, 0.4) is 0 Å². The number of aryl methyl sites for hydroxylation is 1. The summed E-state index contributed by atoms with van der Waals surface area (Å²) in [6.45, 7) is -0.660. The summed E-state index contributed by atoms with van der Waals surface area (Å²) in [4.78, 5) is 34.4. The van der Waals surface area contributed by atoms with Crippen molar-refractivity contribution >= 4 is 44.3 Å². The fourth-order valence-corrected chi connectivity index (χ4v) is 4.08. The van der Waals surface area contributed by atoms with Gasteiger partial charge in [-0.2, -0.15) is 4.36 Å². The molecule has 0 saturated carbocycles. The summed E-state index contributed by atoms with van der Waals surface area (Å²) < 4.78 is 44.4. The van der Waals surface area contributed by atoms with Crippen LogP contribution in [0.25, 0.3) is 11.3 Å². The topological polar surface area (TPSA) is 144 Å². The second-order valence-electron chi connectivity index (χ2n) is 8.43. The van der Waals surface area contributed by atoms with Gasteiger partial charge in [0.15, 0.2) is 17.4 Å². The summed E-state index contributed by atoms with van der Waals surface area (Å²) in [5.41, 5.74) is 2.61. The van der Waals surface area contributed by atoms with E-state index in [1.165, 1.54) is 44.4 Å². The Bertz CT molecular complexity index is 1700. The molecule has 3 heterocycles. The minimum atomic E-state index is -2.46. The van der Waals surface area contributed by atoms with Crippen LogP contribution in [0.5, 0.6) is 5.75 Å². The van der Waals surface area contributed by atoms with E-state index in [1.807, 2.05) is 0 Å². The fraction of sp³-hybridized carbons (Fsp3) is 0.231. The van der Waals surface area contributed by atoms with Gasteiger partial charge in [-0.05, 0) is 19.1 Å². The lowest BCUT2D eigenvalue weighted by molar-refractivity contribution is 0.0988. The first-order valence-corrected chi connectivity index (χ1v) is 13.7. The Morgan fingerprint density at radius 1 is 1.05 bits per heavy atom. The van der Waals surface area contributed by atoms with E-state index >= 15 is 0 Å². The third kappa shape index (κ3) is 6.45. The third-order valence-electron chi connectivity index (χ3n) is 5.09. The average Bonchev–Trinajstić information content (AvgIpc) is 2.87. The van der Waals surface area contributed by atoms with E-state index in [9.17, 15) is 9.00 Å². The monoisotopic (exact) mass is 535 g/mol. The second-order valence-corrected chi connectivity index (χ2v) is 11.0. The van der Waals surface area contributed by atoms with Crippen molar-refractivity contribution in [3.8, 4) is 17.0 Å². The van der Waals surface area contributed by atoms with Gasteiger partial charge >= 0.3 is 0 Å². The van der Waals surface area contributed by atoms with E-state index < -0.39 is 28.8 Å². The van der Waals surface area contributed by atoms with Crippen molar-refractivity contribution in [1.82, 2.24) is 24.9 Å². The summed E-state index contributed by atoms with van der Waals surface area (Å²) >= 11 is 0. The highest BCUT2D eigenvalue weighted by Crippen LogP contribution is 2.38. The van der Waals surface area contributed by atoms with Gasteiger partial charge in [0.25, 0.3) is 0 Å². The van der Waals surface area contributed by atoms with Crippen LogP contribution in [-0.4, -0.2) is 54.5 Å². The van der Waals surface area contributed by atoms with E-state index in [4.69, 9.17) is 8.85 Å². The number of rotatable bonds is 9. The molecule has 38 heavy (non-hydrogen) atoms. The fourth-order valence-electron chi connectivity index (χ4n) is 3.53. The van der Waals surface area contributed by atoms with Gasteiger partial charge < -0.3 is 15.4 Å². The van der Waals surface area contributed by atoms with E-state index in [2.05, 4.69) is 39.9 Å². The molecule has 11 nitrogen and oxygen atoms in total. The van der Waals surface area contributed by atoms with Crippen molar-refractivity contribution < 1.29 is 17.9 Å². The molecular formula is C26H28N8O3S. The van der Waals surface area contributed by atoms with Crippen molar-refractivity contribution in [3.63, 3.8) is 0 Å². The number of para-hydroxylation sites is 1. The summed E-state index contributed by atoms with van der Waals surface area (Å²) in [6, 6.07) is 6.86. The van der Waals surface area contributed by atoms with E-state index in [-0.39, 0.29) is 11.4 Å². The van der Waals surface area contributed by atoms with Crippen LogP contribution in [-0.2, 0) is 9.73 Å². The molecule has 4 aromatic rings. The SMILES string of the molecule is [2H]C([2H])([2H])CC(=O)c1cnc(Nc2cncc(C)n2)cc1Nc1cccc(-c2cnc(N=S(C)(C)=O)cn2)c1OC. The molecule has 0 radical (unpaired) electrons. The number of carbonyl (C=O) groups is 1.